The number of carboxylic acids is 1. The molecule has 0 radical (unpaired) electrons. The highest BCUT2D eigenvalue weighted by molar-refractivity contribution is 6.74. The number of aliphatic hydroxyl groups is 1. The molecule has 1 aliphatic carbocycles. The van der Waals surface area contributed by atoms with Gasteiger partial charge in [0.2, 0.25) is 0 Å². The zero-order chi connectivity index (χ0) is 23.1. The number of aliphatic carboxylic acids is 1. The fourth-order valence-electron chi connectivity index (χ4n) is 4.14. The van der Waals surface area contributed by atoms with Gasteiger partial charge in [-0.15, -0.1) is 0 Å². The minimum absolute atomic E-state index is 0.0618. The predicted octanol–water partition coefficient (Wildman–Crippen LogP) is 5.12. The molecular weight excluding hydrogens is 412 g/mol. The summed E-state index contributed by atoms with van der Waals surface area (Å²) in [6, 6.07) is 0. The molecule has 0 aromatic carbocycles. The lowest BCUT2D eigenvalue weighted by Crippen LogP contribution is -2.44. The van der Waals surface area contributed by atoms with Crippen molar-refractivity contribution in [2.45, 2.75) is 109 Å². The number of allylic oxidation sites excluding steroid dienone is 2. The highest BCUT2D eigenvalue weighted by atomic mass is 28.4. The number of hydrogen-bond donors (Lipinski definition) is 2. The first-order valence-corrected chi connectivity index (χ1v) is 14.9. The Balaban J connectivity index is 2.01. The number of rotatable bonds is 11. The van der Waals surface area contributed by atoms with E-state index in [9.17, 15) is 9.90 Å². The van der Waals surface area contributed by atoms with Gasteiger partial charge in [0.05, 0.1) is 12.2 Å². The van der Waals surface area contributed by atoms with Crippen LogP contribution >= 0.6 is 0 Å². The van der Waals surface area contributed by atoms with E-state index in [1.54, 1.807) is 0 Å². The van der Waals surface area contributed by atoms with E-state index >= 15 is 0 Å². The summed E-state index contributed by atoms with van der Waals surface area (Å²) in [5, 5.41) is 19.7. The Morgan fingerprint density at radius 2 is 1.94 bits per heavy atom. The van der Waals surface area contributed by atoms with Crippen LogP contribution < -0.4 is 0 Å². The summed E-state index contributed by atoms with van der Waals surface area (Å²) >= 11 is 0. The molecule has 2 aliphatic rings. The van der Waals surface area contributed by atoms with Gasteiger partial charge in [-0.1, -0.05) is 32.9 Å². The van der Waals surface area contributed by atoms with Gasteiger partial charge < -0.3 is 24.1 Å². The van der Waals surface area contributed by atoms with Crippen molar-refractivity contribution >= 4 is 14.3 Å². The normalized spacial score (nSPS) is 30.2. The quantitative estimate of drug-likeness (QED) is 0.255. The SMILES string of the molecule is CC(C)(C)[Si](C)(C)OC[C@H]1[C@H](C/C=C\CCCC(=O)O)[C@H](O)C[C@@H]1OC1CCCCO1. The molecule has 1 heterocycles. The van der Waals surface area contributed by atoms with Gasteiger partial charge in [-0.25, -0.2) is 0 Å². The van der Waals surface area contributed by atoms with Crippen molar-refractivity contribution in [2.24, 2.45) is 11.8 Å². The summed E-state index contributed by atoms with van der Waals surface area (Å²) in [6.07, 6.45) is 9.53. The molecule has 1 aliphatic heterocycles. The highest BCUT2D eigenvalue weighted by Gasteiger charge is 2.46. The second kappa shape index (κ2) is 11.9. The van der Waals surface area contributed by atoms with Gasteiger partial charge in [-0.05, 0) is 62.6 Å². The Morgan fingerprint density at radius 3 is 2.55 bits per heavy atom. The summed E-state index contributed by atoms with van der Waals surface area (Å²) in [6.45, 7) is 12.6. The van der Waals surface area contributed by atoms with Gasteiger partial charge in [0, 0.05) is 32.0 Å². The predicted molar refractivity (Wildman–Crippen MR) is 124 cm³/mol. The molecule has 1 saturated carbocycles. The average Bonchev–Trinajstić information content (AvgIpc) is 2.97. The van der Waals surface area contributed by atoms with Crippen LogP contribution in [0, 0.1) is 11.8 Å². The summed E-state index contributed by atoms with van der Waals surface area (Å²) in [5.41, 5.74) is 0. The molecule has 0 aromatic heterocycles. The Hall–Kier alpha value is -0.733. The van der Waals surface area contributed by atoms with Gasteiger partial charge in [0.25, 0.3) is 0 Å². The van der Waals surface area contributed by atoms with Crippen molar-refractivity contribution in [2.75, 3.05) is 13.2 Å². The van der Waals surface area contributed by atoms with Crippen LogP contribution in [0.3, 0.4) is 0 Å². The third-order valence-corrected chi connectivity index (χ3v) is 11.7. The summed E-state index contributed by atoms with van der Waals surface area (Å²) in [4.78, 5) is 10.7. The summed E-state index contributed by atoms with van der Waals surface area (Å²) < 4.78 is 18.7. The Bertz CT molecular complexity index is 579. The van der Waals surface area contributed by atoms with Gasteiger partial charge in [-0.2, -0.15) is 0 Å². The topological polar surface area (TPSA) is 85.2 Å². The van der Waals surface area contributed by atoms with Gasteiger partial charge in [0.1, 0.15) is 0 Å². The van der Waals surface area contributed by atoms with E-state index in [1.165, 1.54) is 0 Å². The lowest BCUT2D eigenvalue weighted by Gasteiger charge is -2.38. The maximum absolute atomic E-state index is 10.8. The van der Waals surface area contributed by atoms with E-state index in [2.05, 4.69) is 39.9 Å². The molecular formula is C24H44O6Si. The zero-order valence-corrected chi connectivity index (χ0v) is 21.1. The minimum Gasteiger partial charge on any atom is -0.481 e. The van der Waals surface area contributed by atoms with Crippen molar-refractivity contribution in [3.8, 4) is 0 Å². The van der Waals surface area contributed by atoms with E-state index in [1.807, 2.05) is 6.08 Å². The molecule has 0 aromatic rings. The molecule has 31 heavy (non-hydrogen) atoms. The molecule has 0 spiro atoms. The maximum Gasteiger partial charge on any atom is 0.303 e. The van der Waals surface area contributed by atoms with Crippen LogP contribution in [0.1, 0.15) is 72.1 Å². The van der Waals surface area contributed by atoms with E-state index in [0.29, 0.717) is 19.4 Å². The number of unbranched alkanes of at least 4 members (excludes halogenated alkanes) is 1. The maximum atomic E-state index is 10.8. The third kappa shape index (κ3) is 8.28. The number of carboxylic acid groups (broad SMARTS) is 1. The highest BCUT2D eigenvalue weighted by Crippen LogP contribution is 2.42. The Kier molecular flexibility index (Phi) is 10.2. The second-order valence-corrected chi connectivity index (χ2v) is 15.5. The van der Waals surface area contributed by atoms with Crippen LogP contribution in [0.25, 0.3) is 0 Å². The monoisotopic (exact) mass is 456 g/mol. The van der Waals surface area contributed by atoms with E-state index in [-0.39, 0.29) is 35.7 Å². The van der Waals surface area contributed by atoms with Gasteiger partial charge in [0.15, 0.2) is 14.6 Å². The molecule has 7 heteroatoms. The van der Waals surface area contributed by atoms with E-state index in [0.717, 1.165) is 38.7 Å². The number of carbonyl (C=O) groups is 1. The van der Waals surface area contributed by atoms with Crippen LogP contribution in [-0.2, 0) is 18.7 Å². The first-order chi connectivity index (χ1) is 14.5. The lowest BCUT2D eigenvalue weighted by molar-refractivity contribution is -0.197. The standard InChI is InChI=1S/C24H44O6Si/c1-24(2,3)31(4,5)29-17-19-18(12-8-6-7-9-13-22(26)27)20(25)16-21(19)30-23-14-10-11-15-28-23/h6,8,18-21,23,25H,7,9-17H2,1-5H3,(H,26,27)/b8-6-/t18-,19-,20+,21-,23?/m0/s1. The van der Waals surface area contributed by atoms with Crippen molar-refractivity contribution < 1.29 is 28.9 Å². The van der Waals surface area contributed by atoms with Crippen molar-refractivity contribution in [1.82, 2.24) is 0 Å². The molecule has 2 rings (SSSR count). The molecule has 2 fully saturated rings. The fraction of sp³-hybridized carbons (Fsp3) is 0.875. The molecule has 1 unspecified atom stereocenters. The molecule has 5 atom stereocenters. The van der Waals surface area contributed by atoms with Crippen LogP contribution in [0.4, 0.5) is 0 Å². The van der Waals surface area contributed by atoms with Crippen molar-refractivity contribution in [3.63, 3.8) is 0 Å². The first kappa shape index (κ1) is 26.5. The zero-order valence-electron chi connectivity index (χ0n) is 20.1. The molecule has 0 bridgehead atoms. The lowest BCUT2D eigenvalue weighted by atomic mass is 9.91. The van der Waals surface area contributed by atoms with Crippen LogP contribution in [0.2, 0.25) is 18.1 Å². The van der Waals surface area contributed by atoms with E-state index < -0.39 is 20.4 Å². The molecule has 2 N–H and O–H groups in total. The van der Waals surface area contributed by atoms with E-state index in [4.69, 9.17) is 19.0 Å². The molecule has 1 saturated heterocycles. The summed E-state index contributed by atoms with van der Waals surface area (Å²) in [5.74, 6) is -0.556. The fourth-order valence-corrected chi connectivity index (χ4v) is 5.19. The Labute approximate surface area is 189 Å². The van der Waals surface area contributed by atoms with Gasteiger partial charge >= 0.3 is 5.97 Å². The number of ether oxygens (including phenoxy) is 2. The number of aliphatic hydroxyl groups excluding tert-OH is 1. The number of hydrogen-bond acceptors (Lipinski definition) is 5. The summed E-state index contributed by atoms with van der Waals surface area (Å²) in [7, 11) is -1.91. The molecule has 6 nitrogen and oxygen atoms in total. The van der Waals surface area contributed by atoms with Crippen LogP contribution in [0.15, 0.2) is 12.2 Å². The van der Waals surface area contributed by atoms with Crippen LogP contribution in [-0.4, -0.2) is 56.2 Å². The second-order valence-electron chi connectivity index (χ2n) is 10.7. The van der Waals surface area contributed by atoms with Crippen molar-refractivity contribution in [1.29, 1.82) is 0 Å². The first-order valence-electron chi connectivity index (χ1n) is 12.0. The van der Waals surface area contributed by atoms with Crippen LogP contribution in [0.5, 0.6) is 0 Å². The minimum atomic E-state index is -1.91. The molecule has 180 valence electrons. The van der Waals surface area contributed by atoms with Gasteiger partial charge in [-0.3, -0.25) is 4.79 Å². The van der Waals surface area contributed by atoms with Crippen molar-refractivity contribution in [3.05, 3.63) is 12.2 Å². The Morgan fingerprint density at radius 1 is 1.19 bits per heavy atom. The third-order valence-electron chi connectivity index (χ3n) is 7.24. The average molecular weight is 457 g/mol. The molecule has 0 amide bonds. The largest absolute Gasteiger partial charge is 0.481 e. The smallest absolute Gasteiger partial charge is 0.303 e.